The van der Waals surface area contributed by atoms with Crippen molar-refractivity contribution in [2.24, 2.45) is 0 Å². The van der Waals surface area contributed by atoms with Crippen molar-refractivity contribution < 1.29 is 24.6 Å². The molecule has 1 heterocycles. The molecule has 18 heavy (non-hydrogen) atoms. The van der Waals surface area contributed by atoms with Gasteiger partial charge in [0.05, 0.1) is 6.42 Å². The Morgan fingerprint density at radius 1 is 1.22 bits per heavy atom. The van der Waals surface area contributed by atoms with Crippen LogP contribution in [0.1, 0.15) is 12.8 Å². The van der Waals surface area contributed by atoms with E-state index < -0.39 is 30.4 Å². The van der Waals surface area contributed by atoms with Gasteiger partial charge in [-0.25, -0.2) is 9.59 Å². The molecule has 1 rings (SSSR count). The van der Waals surface area contributed by atoms with E-state index in [0.717, 1.165) is 13.0 Å². The topological polar surface area (TPSA) is 119 Å². The fourth-order valence-electron chi connectivity index (χ4n) is 1.66. The highest BCUT2D eigenvalue weighted by atomic mass is 16.4. The summed E-state index contributed by atoms with van der Waals surface area (Å²) in [7, 11) is 0. The molecule has 0 aliphatic carbocycles. The van der Waals surface area contributed by atoms with E-state index in [9.17, 15) is 14.4 Å². The van der Waals surface area contributed by atoms with E-state index in [0.29, 0.717) is 19.6 Å². The first kappa shape index (κ1) is 14.2. The minimum absolute atomic E-state index is 0.477. The van der Waals surface area contributed by atoms with Gasteiger partial charge in [-0.05, 0) is 13.0 Å². The number of hydrogen-bond acceptors (Lipinski definition) is 4. The first-order valence-electron chi connectivity index (χ1n) is 5.71. The van der Waals surface area contributed by atoms with Crippen molar-refractivity contribution in [1.29, 1.82) is 0 Å². The lowest BCUT2D eigenvalue weighted by atomic mass is 10.2. The molecule has 1 unspecified atom stereocenters. The first-order chi connectivity index (χ1) is 8.50. The zero-order chi connectivity index (χ0) is 13.5. The molecule has 0 aromatic rings. The lowest BCUT2D eigenvalue weighted by molar-refractivity contribution is -0.145. The van der Waals surface area contributed by atoms with Crippen LogP contribution in [0.5, 0.6) is 0 Å². The van der Waals surface area contributed by atoms with Crippen molar-refractivity contribution in [2.75, 3.05) is 26.2 Å². The fourth-order valence-corrected chi connectivity index (χ4v) is 1.66. The van der Waals surface area contributed by atoms with Crippen molar-refractivity contribution in [1.82, 2.24) is 15.5 Å². The highest BCUT2D eigenvalue weighted by Crippen LogP contribution is 1.99. The molecular weight excluding hydrogens is 242 g/mol. The second-order valence-electron chi connectivity index (χ2n) is 4.03. The van der Waals surface area contributed by atoms with Crippen LogP contribution in [0.15, 0.2) is 0 Å². The Labute approximate surface area is 104 Å². The van der Waals surface area contributed by atoms with Gasteiger partial charge in [0, 0.05) is 19.6 Å². The lowest BCUT2D eigenvalue weighted by Crippen LogP contribution is -2.49. The number of urea groups is 1. The third-order valence-corrected chi connectivity index (χ3v) is 2.60. The molecule has 1 aliphatic rings. The molecule has 0 radical (unpaired) electrons. The van der Waals surface area contributed by atoms with Gasteiger partial charge < -0.3 is 25.7 Å². The number of carboxylic acid groups (broad SMARTS) is 2. The summed E-state index contributed by atoms with van der Waals surface area (Å²) in [4.78, 5) is 34.6. The van der Waals surface area contributed by atoms with E-state index in [4.69, 9.17) is 10.2 Å². The molecule has 1 fully saturated rings. The van der Waals surface area contributed by atoms with Gasteiger partial charge in [0.2, 0.25) is 0 Å². The molecule has 8 nitrogen and oxygen atoms in total. The van der Waals surface area contributed by atoms with E-state index in [2.05, 4.69) is 10.6 Å². The van der Waals surface area contributed by atoms with Gasteiger partial charge in [0.25, 0.3) is 0 Å². The average molecular weight is 259 g/mol. The summed E-state index contributed by atoms with van der Waals surface area (Å²) in [6.45, 7) is 2.45. The van der Waals surface area contributed by atoms with Crippen LogP contribution in [-0.4, -0.2) is 65.3 Å². The van der Waals surface area contributed by atoms with Crippen LogP contribution in [0.4, 0.5) is 4.79 Å². The third-order valence-electron chi connectivity index (χ3n) is 2.60. The Bertz CT molecular complexity index is 325. The van der Waals surface area contributed by atoms with Crippen molar-refractivity contribution in [3.8, 4) is 0 Å². The number of rotatable bonds is 4. The number of nitrogens with one attached hydrogen (secondary N) is 2. The highest BCUT2D eigenvalue weighted by molar-refractivity contribution is 5.86. The van der Waals surface area contributed by atoms with Crippen molar-refractivity contribution in [3.63, 3.8) is 0 Å². The Kier molecular flexibility index (Phi) is 5.37. The minimum atomic E-state index is -1.40. The summed E-state index contributed by atoms with van der Waals surface area (Å²) in [5, 5.41) is 22.7. The molecule has 1 aliphatic heterocycles. The van der Waals surface area contributed by atoms with Crippen LogP contribution in [0.3, 0.4) is 0 Å². The Morgan fingerprint density at radius 2 is 1.94 bits per heavy atom. The fraction of sp³-hybridized carbons (Fsp3) is 0.700. The molecule has 0 saturated carbocycles. The van der Waals surface area contributed by atoms with E-state index in [1.807, 2.05) is 0 Å². The molecule has 2 amide bonds. The van der Waals surface area contributed by atoms with E-state index in [1.54, 1.807) is 0 Å². The largest absolute Gasteiger partial charge is 0.481 e. The van der Waals surface area contributed by atoms with Crippen LogP contribution in [0.2, 0.25) is 0 Å². The molecule has 8 heteroatoms. The zero-order valence-electron chi connectivity index (χ0n) is 9.89. The van der Waals surface area contributed by atoms with Gasteiger partial charge in [-0.15, -0.1) is 0 Å². The third kappa shape index (κ3) is 4.58. The van der Waals surface area contributed by atoms with Crippen LogP contribution >= 0.6 is 0 Å². The number of hydrogen-bond donors (Lipinski definition) is 4. The van der Waals surface area contributed by atoms with Crippen LogP contribution in [-0.2, 0) is 9.59 Å². The minimum Gasteiger partial charge on any atom is -0.481 e. The van der Waals surface area contributed by atoms with Gasteiger partial charge in [-0.1, -0.05) is 0 Å². The molecule has 0 spiro atoms. The summed E-state index contributed by atoms with van der Waals surface area (Å²) >= 11 is 0. The Morgan fingerprint density at radius 3 is 2.56 bits per heavy atom. The normalized spacial score (nSPS) is 17.7. The average Bonchev–Trinajstić information content (AvgIpc) is 2.55. The number of amides is 2. The van der Waals surface area contributed by atoms with E-state index in [-0.39, 0.29) is 0 Å². The molecule has 102 valence electrons. The molecule has 0 aromatic heterocycles. The predicted octanol–water partition coefficient (Wildman–Crippen LogP) is -1.08. The maximum absolute atomic E-state index is 11.8. The number of nitrogens with zero attached hydrogens (tertiary/aromatic N) is 1. The van der Waals surface area contributed by atoms with Gasteiger partial charge in [-0.3, -0.25) is 4.79 Å². The molecule has 4 N–H and O–H groups in total. The number of aliphatic carboxylic acids is 2. The second-order valence-corrected chi connectivity index (χ2v) is 4.03. The summed E-state index contributed by atoms with van der Waals surface area (Å²) in [5.74, 6) is -2.61. The summed E-state index contributed by atoms with van der Waals surface area (Å²) in [5.41, 5.74) is 0. The highest BCUT2D eigenvalue weighted by Gasteiger charge is 2.25. The molecule has 1 saturated heterocycles. The van der Waals surface area contributed by atoms with E-state index >= 15 is 0 Å². The van der Waals surface area contributed by atoms with Crippen molar-refractivity contribution in [3.05, 3.63) is 0 Å². The van der Waals surface area contributed by atoms with Crippen LogP contribution in [0.25, 0.3) is 0 Å². The second kappa shape index (κ2) is 6.80. The maximum atomic E-state index is 11.8. The van der Waals surface area contributed by atoms with Crippen molar-refractivity contribution >= 4 is 18.0 Å². The van der Waals surface area contributed by atoms with Gasteiger partial charge in [-0.2, -0.15) is 0 Å². The SMILES string of the molecule is O=C(O)CC(NC(=O)N1CCCNCC1)C(=O)O. The van der Waals surface area contributed by atoms with Gasteiger partial charge in [0.1, 0.15) is 6.04 Å². The molecule has 1 atom stereocenters. The van der Waals surface area contributed by atoms with Gasteiger partial charge >= 0.3 is 18.0 Å². The lowest BCUT2D eigenvalue weighted by Gasteiger charge is -2.22. The number of carbonyl (C=O) groups excluding carboxylic acids is 1. The van der Waals surface area contributed by atoms with Crippen LogP contribution in [0, 0.1) is 0 Å². The Balaban J connectivity index is 2.53. The summed E-state index contributed by atoms with van der Waals surface area (Å²) < 4.78 is 0. The van der Waals surface area contributed by atoms with Gasteiger partial charge in [0.15, 0.2) is 0 Å². The summed E-state index contributed by atoms with van der Waals surface area (Å²) in [6.07, 6.45) is 0.150. The molecule has 0 aromatic carbocycles. The number of carboxylic acids is 2. The molecule has 0 bridgehead atoms. The first-order valence-corrected chi connectivity index (χ1v) is 5.71. The monoisotopic (exact) mass is 259 g/mol. The number of carbonyl (C=O) groups is 3. The van der Waals surface area contributed by atoms with E-state index in [1.165, 1.54) is 4.90 Å². The summed E-state index contributed by atoms with van der Waals surface area (Å²) in [6, 6.07) is -1.93. The Hall–Kier alpha value is -1.83. The maximum Gasteiger partial charge on any atom is 0.326 e. The smallest absolute Gasteiger partial charge is 0.326 e. The predicted molar refractivity (Wildman–Crippen MR) is 61.3 cm³/mol. The standard InChI is InChI=1S/C10H17N3O5/c14-8(15)6-7(9(16)17)12-10(18)13-4-1-2-11-3-5-13/h7,11H,1-6H2,(H,12,18)(H,14,15)(H,16,17). The molecular formula is C10H17N3O5. The quantitative estimate of drug-likeness (QED) is 0.510. The van der Waals surface area contributed by atoms with Crippen LogP contribution < -0.4 is 10.6 Å². The zero-order valence-corrected chi connectivity index (χ0v) is 9.89. The van der Waals surface area contributed by atoms with Crippen molar-refractivity contribution in [2.45, 2.75) is 18.9 Å².